The molecule has 0 radical (unpaired) electrons. The number of aryl methyl sites for hydroxylation is 1. The van der Waals surface area contributed by atoms with E-state index < -0.39 is 9.84 Å². The van der Waals surface area contributed by atoms with Gasteiger partial charge in [0.15, 0.2) is 0 Å². The lowest BCUT2D eigenvalue weighted by molar-refractivity contribution is 0.437. The molecule has 0 spiro atoms. The molecule has 1 aromatic rings. The van der Waals surface area contributed by atoms with E-state index in [9.17, 15) is 8.42 Å². The molecule has 1 rings (SSSR count). The molecular formula is C17H29NO2S. The van der Waals surface area contributed by atoms with Crippen molar-refractivity contribution < 1.29 is 8.42 Å². The SMILES string of the molecule is CCCNC(CCCc1ccccc1)CCCS(C)(=O)=O. The van der Waals surface area contributed by atoms with Crippen LogP contribution in [0.15, 0.2) is 30.3 Å². The second-order valence-corrected chi connectivity index (χ2v) is 8.06. The Balaban J connectivity index is 2.31. The number of sulfone groups is 1. The highest BCUT2D eigenvalue weighted by atomic mass is 32.2. The summed E-state index contributed by atoms with van der Waals surface area (Å²) in [5.41, 5.74) is 1.38. The summed E-state index contributed by atoms with van der Waals surface area (Å²) in [6.45, 7) is 3.17. The smallest absolute Gasteiger partial charge is 0.147 e. The van der Waals surface area contributed by atoms with Crippen LogP contribution in [0.5, 0.6) is 0 Å². The molecular weight excluding hydrogens is 282 g/mol. The maximum atomic E-state index is 11.2. The average molecular weight is 311 g/mol. The van der Waals surface area contributed by atoms with Crippen molar-refractivity contribution in [2.75, 3.05) is 18.6 Å². The van der Waals surface area contributed by atoms with E-state index in [1.807, 2.05) is 6.07 Å². The highest BCUT2D eigenvalue weighted by Crippen LogP contribution is 2.10. The molecule has 3 nitrogen and oxygen atoms in total. The predicted octanol–water partition coefficient (Wildman–Crippen LogP) is 3.20. The molecule has 1 N–H and O–H groups in total. The Morgan fingerprint density at radius 3 is 2.38 bits per heavy atom. The number of hydrogen-bond donors (Lipinski definition) is 1. The highest BCUT2D eigenvalue weighted by Gasteiger charge is 2.10. The zero-order valence-corrected chi connectivity index (χ0v) is 14.2. The maximum absolute atomic E-state index is 11.2. The zero-order chi connectivity index (χ0) is 15.6. The molecule has 0 fully saturated rings. The van der Waals surface area contributed by atoms with Crippen LogP contribution in [0.3, 0.4) is 0 Å². The van der Waals surface area contributed by atoms with Gasteiger partial charge in [-0.1, -0.05) is 37.3 Å². The quantitative estimate of drug-likeness (QED) is 0.682. The van der Waals surface area contributed by atoms with Gasteiger partial charge in [-0.3, -0.25) is 0 Å². The highest BCUT2D eigenvalue weighted by molar-refractivity contribution is 7.90. The van der Waals surface area contributed by atoms with E-state index in [2.05, 4.69) is 36.5 Å². The summed E-state index contributed by atoms with van der Waals surface area (Å²) in [5, 5.41) is 3.55. The molecule has 1 atom stereocenters. The fraction of sp³-hybridized carbons (Fsp3) is 0.647. The summed E-state index contributed by atoms with van der Waals surface area (Å²) in [4.78, 5) is 0. The first-order valence-electron chi connectivity index (χ1n) is 7.96. The van der Waals surface area contributed by atoms with Crippen LogP contribution in [0.25, 0.3) is 0 Å². The summed E-state index contributed by atoms with van der Waals surface area (Å²) in [6, 6.07) is 11.0. The summed E-state index contributed by atoms with van der Waals surface area (Å²) >= 11 is 0. The molecule has 0 aliphatic carbocycles. The van der Waals surface area contributed by atoms with Gasteiger partial charge in [-0.25, -0.2) is 8.42 Å². The van der Waals surface area contributed by atoms with Gasteiger partial charge in [0.25, 0.3) is 0 Å². The number of hydrogen-bond acceptors (Lipinski definition) is 3. The van der Waals surface area contributed by atoms with Crippen LogP contribution >= 0.6 is 0 Å². The second-order valence-electron chi connectivity index (χ2n) is 5.80. The molecule has 1 aromatic carbocycles. The van der Waals surface area contributed by atoms with Crippen LogP contribution in [0.2, 0.25) is 0 Å². The molecule has 120 valence electrons. The minimum absolute atomic E-state index is 0.302. The molecule has 0 bridgehead atoms. The minimum atomic E-state index is -2.83. The van der Waals surface area contributed by atoms with Gasteiger partial charge in [0.1, 0.15) is 9.84 Å². The normalized spacial score (nSPS) is 13.2. The fourth-order valence-electron chi connectivity index (χ4n) is 2.49. The van der Waals surface area contributed by atoms with Crippen LogP contribution in [-0.4, -0.2) is 33.0 Å². The van der Waals surface area contributed by atoms with Gasteiger partial charge in [-0.15, -0.1) is 0 Å². The van der Waals surface area contributed by atoms with Gasteiger partial charge in [0.2, 0.25) is 0 Å². The van der Waals surface area contributed by atoms with Gasteiger partial charge >= 0.3 is 0 Å². The lowest BCUT2D eigenvalue weighted by atomic mass is 10.0. The molecule has 0 heterocycles. The number of nitrogens with one attached hydrogen (secondary N) is 1. The van der Waals surface area contributed by atoms with Crippen LogP contribution in [0.4, 0.5) is 0 Å². The molecule has 0 aliphatic rings. The topological polar surface area (TPSA) is 46.2 Å². The third-order valence-corrected chi connectivity index (χ3v) is 4.64. The zero-order valence-electron chi connectivity index (χ0n) is 13.3. The average Bonchev–Trinajstić information content (AvgIpc) is 2.44. The Kier molecular flexibility index (Phi) is 8.62. The van der Waals surface area contributed by atoms with Crippen molar-refractivity contribution in [1.29, 1.82) is 0 Å². The van der Waals surface area contributed by atoms with Crippen molar-refractivity contribution in [3.05, 3.63) is 35.9 Å². The summed E-state index contributed by atoms with van der Waals surface area (Å²) in [6.07, 6.45) is 7.48. The van der Waals surface area contributed by atoms with Gasteiger partial charge < -0.3 is 5.32 Å². The van der Waals surface area contributed by atoms with Crippen LogP contribution < -0.4 is 5.32 Å². The molecule has 0 saturated heterocycles. The first-order chi connectivity index (χ1) is 10.0. The van der Waals surface area contributed by atoms with Crippen molar-refractivity contribution in [2.24, 2.45) is 0 Å². The van der Waals surface area contributed by atoms with Gasteiger partial charge in [-0.2, -0.15) is 0 Å². The molecule has 0 aliphatic heterocycles. The first-order valence-corrected chi connectivity index (χ1v) is 10.0. The fourth-order valence-corrected chi connectivity index (χ4v) is 3.18. The third kappa shape index (κ3) is 9.64. The monoisotopic (exact) mass is 311 g/mol. The number of benzene rings is 1. The summed E-state index contributed by atoms with van der Waals surface area (Å²) in [5.74, 6) is 0.302. The van der Waals surface area contributed by atoms with E-state index in [0.29, 0.717) is 11.8 Å². The molecule has 0 amide bonds. The van der Waals surface area contributed by atoms with Gasteiger partial charge in [0, 0.05) is 18.1 Å². The molecule has 0 aromatic heterocycles. The van der Waals surface area contributed by atoms with Crippen LogP contribution in [0.1, 0.15) is 44.6 Å². The molecule has 4 heteroatoms. The van der Waals surface area contributed by atoms with E-state index in [0.717, 1.165) is 45.1 Å². The lowest BCUT2D eigenvalue weighted by Gasteiger charge is -2.18. The first kappa shape index (κ1) is 18.2. The van der Waals surface area contributed by atoms with Crippen molar-refractivity contribution >= 4 is 9.84 Å². The van der Waals surface area contributed by atoms with Crippen molar-refractivity contribution in [2.45, 2.75) is 51.5 Å². The Hall–Kier alpha value is -0.870. The van der Waals surface area contributed by atoms with E-state index in [-0.39, 0.29) is 0 Å². The Morgan fingerprint density at radius 1 is 1.10 bits per heavy atom. The molecule has 21 heavy (non-hydrogen) atoms. The second kappa shape index (κ2) is 9.96. The Morgan fingerprint density at radius 2 is 1.76 bits per heavy atom. The van der Waals surface area contributed by atoms with Crippen molar-refractivity contribution in [3.63, 3.8) is 0 Å². The van der Waals surface area contributed by atoms with E-state index >= 15 is 0 Å². The van der Waals surface area contributed by atoms with Crippen LogP contribution in [-0.2, 0) is 16.3 Å². The van der Waals surface area contributed by atoms with Crippen LogP contribution in [0, 0.1) is 0 Å². The molecule has 0 saturated carbocycles. The summed E-state index contributed by atoms with van der Waals surface area (Å²) < 4.78 is 22.4. The van der Waals surface area contributed by atoms with Gasteiger partial charge in [-0.05, 0) is 50.6 Å². The molecule has 1 unspecified atom stereocenters. The minimum Gasteiger partial charge on any atom is -0.314 e. The van der Waals surface area contributed by atoms with Gasteiger partial charge in [0.05, 0.1) is 0 Å². The summed E-state index contributed by atoms with van der Waals surface area (Å²) in [7, 11) is -2.83. The predicted molar refractivity (Wildman–Crippen MR) is 90.4 cm³/mol. The Bertz CT molecular complexity index is 471. The van der Waals surface area contributed by atoms with E-state index in [1.165, 1.54) is 11.8 Å². The standard InChI is InChI=1S/C17H29NO2S/c1-3-14-18-17(13-8-15-21(2,19)20)12-7-11-16-9-5-4-6-10-16/h4-6,9-10,17-18H,3,7-8,11-15H2,1-2H3. The largest absolute Gasteiger partial charge is 0.314 e. The Labute approximate surface area is 130 Å². The van der Waals surface area contributed by atoms with E-state index in [4.69, 9.17) is 0 Å². The lowest BCUT2D eigenvalue weighted by Crippen LogP contribution is -2.30. The van der Waals surface area contributed by atoms with Crippen molar-refractivity contribution in [1.82, 2.24) is 5.32 Å². The van der Waals surface area contributed by atoms with Crippen molar-refractivity contribution in [3.8, 4) is 0 Å². The number of rotatable bonds is 11. The third-order valence-electron chi connectivity index (χ3n) is 3.61. The van der Waals surface area contributed by atoms with E-state index in [1.54, 1.807) is 0 Å². The maximum Gasteiger partial charge on any atom is 0.147 e.